The van der Waals surface area contributed by atoms with Crippen LogP contribution in [0.15, 0.2) is 24.3 Å². The number of H-pyrrole nitrogens is 1. The van der Waals surface area contributed by atoms with Crippen molar-refractivity contribution in [2.75, 3.05) is 13.1 Å². The van der Waals surface area contributed by atoms with Gasteiger partial charge in [-0.15, -0.1) is 0 Å². The van der Waals surface area contributed by atoms with Gasteiger partial charge in [-0.1, -0.05) is 31.0 Å². The SMILES string of the molecule is NC(=O)c1n[nH]nc1-c1cccc(CN2CCCCCC2)c1. The number of benzene rings is 1. The second kappa shape index (κ2) is 6.70. The van der Waals surface area contributed by atoms with E-state index >= 15 is 0 Å². The van der Waals surface area contributed by atoms with Crippen molar-refractivity contribution in [1.29, 1.82) is 0 Å². The van der Waals surface area contributed by atoms with Crippen molar-refractivity contribution in [2.24, 2.45) is 5.73 Å². The molecule has 22 heavy (non-hydrogen) atoms. The molecule has 0 bridgehead atoms. The van der Waals surface area contributed by atoms with Crippen LogP contribution >= 0.6 is 0 Å². The molecule has 0 spiro atoms. The average molecular weight is 299 g/mol. The van der Waals surface area contributed by atoms with E-state index in [1.54, 1.807) is 0 Å². The van der Waals surface area contributed by atoms with E-state index in [0.29, 0.717) is 5.69 Å². The second-order valence-corrected chi connectivity index (χ2v) is 5.78. The topological polar surface area (TPSA) is 87.9 Å². The molecule has 1 aromatic heterocycles. The predicted molar refractivity (Wildman–Crippen MR) is 84.1 cm³/mol. The minimum Gasteiger partial charge on any atom is -0.364 e. The molecule has 6 heteroatoms. The minimum absolute atomic E-state index is 0.187. The third kappa shape index (κ3) is 3.33. The lowest BCUT2D eigenvalue weighted by Crippen LogP contribution is -2.23. The highest BCUT2D eigenvalue weighted by molar-refractivity contribution is 5.96. The van der Waals surface area contributed by atoms with Crippen molar-refractivity contribution in [1.82, 2.24) is 20.3 Å². The van der Waals surface area contributed by atoms with Gasteiger partial charge in [-0.2, -0.15) is 15.4 Å². The lowest BCUT2D eigenvalue weighted by molar-refractivity contribution is 0.0996. The van der Waals surface area contributed by atoms with Crippen LogP contribution in [0.25, 0.3) is 11.3 Å². The third-order valence-electron chi connectivity index (χ3n) is 4.09. The summed E-state index contributed by atoms with van der Waals surface area (Å²) in [7, 11) is 0. The molecule has 0 saturated carbocycles. The Morgan fingerprint density at radius 3 is 2.68 bits per heavy atom. The number of primary amides is 1. The number of hydrogen-bond acceptors (Lipinski definition) is 4. The molecule has 1 amide bonds. The molecule has 0 unspecified atom stereocenters. The van der Waals surface area contributed by atoms with Crippen molar-refractivity contribution < 1.29 is 4.79 Å². The molecular formula is C16H21N5O. The van der Waals surface area contributed by atoms with Gasteiger partial charge in [0, 0.05) is 12.1 Å². The summed E-state index contributed by atoms with van der Waals surface area (Å²) in [4.78, 5) is 13.9. The number of nitrogens with zero attached hydrogens (tertiary/aromatic N) is 3. The number of aromatic amines is 1. The van der Waals surface area contributed by atoms with Gasteiger partial charge in [0.2, 0.25) is 0 Å². The van der Waals surface area contributed by atoms with E-state index in [0.717, 1.165) is 25.2 Å². The zero-order chi connectivity index (χ0) is 15.4. The smallest absolute Gasteiger partial charge is 0.271 e. The molecule has 1 aliphatic heterocycles. The third-order valence-corrected chi connectivity index (χ3v) is 4.09. The maximum atomic E-state index is 11.4. The van der Waals surface area contributed by atoms with E-state index in [-0.39, 0.29) is 5.69 Å². The standard InChI is InChI=1S/C16H21N5O/c17-16(22)15-14(18-20-19-15)13-7-5-6-12(10-13)11-21-8-3-1-2-4-9-21/h5-7,10H,1-4,8-9,11H2,(H2,17,22)(H,18,19,20). The number of carbonyl (C=O) groups is 1. The number of carbonyl (C=O) groups excluding carboxylic acids is 1. The van der Waals surface area contributed by atoms with Crippen LogP contribution in [0.4, 0.5) is 0 Å². The van der Waals surface area contributed by atoms with Crippen LogP contribution in [0.5, 0.6) is 0 Å². The van der Waals surface area contributed by atoms with Gasteiger partial charge in [-0.3, -0.25) is 9.69 Å². The van der Waals surface area contributed by atoms with E-state index in [9.17, 15) is 4.79 Å². The molecule has 3 N–H and O–H groups in total. The number of rotatable bonds is 4. The number of aromatic nitrogens is 3. The molecular weight excluding hydrogens is 278 g/mol. The zero-order valence-electron chi connectivity index (χ0n) is 12.6. The van der Waals surface area contributed by atoms with Crippen LogP contribution in [-0.2, 0) is 6.54 Å². The van der Waals surface area contributed by atoms with Crippen LogP contribution in [0, 0.1) is 0 Å². The fourth-order valence-corrected chi connectivity index (χ4v) is 2.97. The fraction of sp³-hybridized carbons (Fsp3) is 0.438. The minimum atomic E-state index is -0.568. The van der Waals surface area contributed by atoms with Gasteiger partial charge in [-0.05, 0) is 37.6 Å². The second-order valence-electron chi connectivity index (χ2n) is 5.78. The van der Waals surface area contributed by atoms with Crippen LogP contribution in [-0.4, -0.2) is 39.3 Å². The normalized spacial score (nSPS) is 16.4. The van der Waals surface area contributed by atoms with E-state index in [4.69, 9.17) is 5.73 Å². The Hall–Kier alpha value is -2.21. The average Bonchev–Trinajstić information content (AvgIpc) is 2.88. The lowest BCUT2D eigenvalue weighted by atomic mass is 10.1. The molecule has 2 aromatic rings. The first kappa shape index (κ1) is 14.7. The molecule has 1 fully saturated rings. The van der Waals surface area contributed by atoms with Crippen molar-refractivity contribution in [2.45, 2.75) is 32.2 Å². The Morgan fingerprint density at radius 1 is 1.18 bits per heavy atom. The molecule has 0 atom stereocenters. The molecule has 0 radical (unpaired) electrons. The molecule has 1 aliphatic rings. The first-order valence-electron chi connectivity index (χ1n) is 7.76. The summed E-state index contributed by atoms with van der Waals surface area (Å²) in [5, 5.41) is 10.4. The van der Waals surface area contributed by atoms with Crippen LogP contribution in [0.3, 0.4) is 0 Å². The summed E-state index contributed by atoms with van der Waals surface area (Å²) in [6, 6.07) is 8.09. The molecule has 116 valence electrons. The molecule has 1 saturated heterocycles. The van der Waals surface area contributed by atoms with Crippen molar-refractivity contribution in [3.05, 3.63) is 35.5 Å². The summed E-state index contributed by atoms with van der Waals surface area (Å²) in [5.74, 6) is -0.568. The first-order chi connectivity index (χ1) is 10.7. The van der Waals surface area contributed by atoms with E-state index in [1.807, 2.05) is 12.1 Å². The number of amides is 1. The van der Waals surface area contributed by atoms with Crippen molar-refractivity contribution in [3.8, 4) is 11.3 Å². The van der Waals surface area contributed by atoms with Gasteiger partial charge < -0.3 is 5.73 Å². The maximum absolute atomic E-state index is 11.4. The summed E-state index contributed by atoms with van der Waals surface area (Å²) in [5.41, 5.74) is 8.13. The van der Waals surface area contributed by atoms with Crippen LogP contribution in [0.1, 0.15) is 41.7 Å². The van der Waals surface area contributed by atoms with Crippen molar-refractivity contribution >= 4 is 5.91 Å². The predicted octanol–water partition coefficient (Wildman–Crippen LogP) is 1.95. The Labute approximate surface area is 129 Å². The highest BCUT2D eigenvalue weighted by Crippen LogP contribution is 2.22. The Balaban J connectivity index is 1.80. The largest absolute Gasteiger partial charge is 0.364 e. The Kier molecular flexibility index (Phi) is 4.48. The summed E-state index contributed by atoms with van der Waals surface area (Å²) >= 11 is 0. The molecule has 3 rings (SSSR count). The molecule has 0 aliphatic carbocycles. The van der Waals surface area contributed by atoms with Gasteiger partial charge in [-0.25, -0.2) is 0 Å². The van der Waals surface area contributed by atoms with Crippen LogP contribution < -0.4 is 5.73 Å². The Morgan fingerprint density at radius 2 is 1.95 bits per heavy atom. The van der Waals surface area contributed by atoms with Gasteiger partial charge in [0.05, 0.1) is 0 Å². The monoisotopic (exact) mass is 299 g/mol. The summed E-state index contributed by atoms with van der Waals surface area (Å²) in [6.07, 6.45) is 5.21. The summed E-state index contributed by atoms with van der Waals surface area (Å²) < 4.78 is 0. The molecule has 2 heterocycles. The number of nitrogens with one attached hydrogen (secondary N) is 1. The number of hydrogen-bond donors (Lipinski definition) is 2. The Bertz CT molecular complexity index is 643. The maximum Gasteiger partial charge on any atom is 0.271 e. The first-order valence-corrected chi connectivity index (χ1v) is 7.76. The van der Waals surface area contributed by atoms with Crippen molar-refractivity contribution in [3.63, 3.8) is 0 Å². The zero-order valence-corrected chi connectivity index (χ0v) is 12.6. The van der Waals surface area contributed by atoms with Gasteiger partial charge in [0.25, 0.3) is 5.91 Å². The van der Waals surface area contributed by atoms with Gasteiger partial charge >= 0.3 is 0 Å². The summed E-state index contributed by atoms with van der Waals surface area (Å²) in [6.45, 7) is 3.24. The lowest BCUT2D eigenvalue weighted by Gasteiger charge is -2.20. The van der Waals surface area contributed by atoms with E-state index in [2.05, 4.69) is 32.4 Å². The van der Waals surface area contributed by atoms with Crippen LogP contribution in [0.2, 0.25) is 0 Å². The number of nitrogens with two attached hydrogens (primary N) is 1. The van der Waals surface area contributed by atoms with Gasteiger partial charge in [0.1, 0.15) is 5.69 Å². The fourth-order valence-electron chi connectivity index (χ4n) is 2.97. The van der Waals surface area contributed by atoms with Gasteiger partial charge in [0.15, 0.2) is 5.69 Å². The molecule has 1 aromatic carbocycles. The highest BCUT2D eigenvalue weighted by Gasteiger charge is 2.16. The van der Waals surface area contributed by atoms with E-state index in [1.165, 1.54) is 31.2 Å². The highest BCUT2D eigenvalue weighted by atomic mass is 16.1. The quantitative estimate of drug-likeness (QED) is 0.903. The van der Waals surface area contributed by atoms with E-state index < -0.39 is 5.91 Å². The molecule has 6 nitrogen and oxygen atoms in total. The number of likely N-dealkylation sites (tertiary alicyclic amines) is 1.